The van der Waals surface area contributed by atoms with E-state index < -0.39 is 27.0 Å². The monoisotopic (exact) mass is 516 g/mol. The molecule has 3 aromatic rings. The first-order chi connectivity index (χ1) is 14.0. The molecule has 0 saturated carbocycles. The Morgan fingerprint density at radius 2 is 1.70 bits per heavy atom. The third-order valence-electron chi connectivity index (χ3n) is 4.59. The van der Waals surface area contributed by atoms with E-state index in [2.05, 4.69) is 25.9 Å². The molecule has 2 heterocycles. The molecule has 30 heavy (non-hydrogen) atoms. The molecule has 0 aliphatic heterocycles. The van der Waals surface area contributed by atoms with Crippen molar-refractivity contribution in [2.24, 2.45) is 0 Å². The molecule has 0 amide bonds. The van der Waals surface area contributed by atoms with Crippen molar-refractivity contribution in [3.8, 4) is 5.69 Å². The van der Waals surface area contributed by atoms with Crippen molar-refractivity contribution in [1.82, 2.24) is 14.5 Å². The zero-order chi connectivity index (χ0) is 22.5. The molecule has 0 saturated heterocycles. The summed E-state index contributed by atoms with van der Waals surface area (Å²) in [4.78, 5) is 32.7. The number of nitrogens with zero attached hydrogens (tertiary/aromatic N) is 4. The third-order valence-corrected chi connectivity index (χ3v) is 6.27. The van der Waals surface area contributed by atoms with Crippen LogP contribution in [0.25, 0.3) is 16.6 Å². The third kappa shape index (κ3) is 3.48. The van der Waals surface area contributed by atoms with E-state index in [1.807, 2.05) is 27.7 Å². The van der Waals surface area contributed by atoms with E-state index in [-0.39, 0.29) is 37.9 Å². The van der Waals surface area contributed by atoms with Gasteiger partial charge in [-0.05, 0) is 33.8 Å². The zero-order valence-corrected chi connectivity index (χ0v) is 19.4. The lowest BCUT2D eigenvalue weighted by atomic mass is 10.0. The number of rotatable bonds is 4. The lowest BCUT2D eigenvalue weighted by Crippen LogP contribution is -2.26. The predicted octanol–water partition coefficient (Wildman–Crippen LogP) is 6.14. The SMILES string of the molecule is CC(C)c1ncnc(C(C)C)c1-n1c(=O)c([N+](=O)[O-])c(Cl)c2cc(Cl)c(Br)c(F)c21. The molecule has 0 N–H and O–H groups in total. The van der Waals surface area contributed by atoms with Crippen LogP contribution in [-0.4, -0.2) is 19.5 Å². The number of nitro groups is 1. The van der Waals surface area contributed by atoms with Gasteiger partial charge in [0.15, 0.2) is 5.82 Å². The number of hydrogen-bond acceptors (Lipinski definition) is 5. The van der Waals surface area contributed by atoms with Gasteiger partial charge in [0.05, 0.1) is 37.0 Å². The highest BCUT2D eigenvalue weighted by Gasteiger charge is 2.31. The molecule has 0 bridgehead atoms. The van der Waals surface area contributed by atoms with E-state index in [1.54, 1.807) is 0 Å². The summed E-state index contributed by atoms with van der Waals surface area (Å²) < 4.78 is 16.3. The fourth-order valence-corrected chi connectivity index (χ4v) is 4.04. The van der Waals surface area contributed by atoms with Gasteiger partial charge in [-0.2, -0.15) is 0 Å². The van der Waals surface area contributed by atoms with Crippen LogP contribution in [0.15, 0.2) is 21.7 Å². The average molecular weight is 518 g/mol. The molecular formula is C19H16BrCl2FN4O3. The Hall–Kier alpha value is -2.10. The van der Waals surface area contributed by atoms with Gasteiger partial charge in [0.2, 0.25) is 0 Å². The summed E-state index contributed by atoms with van der Waals surface area (Å²) in [7, 11) is 0. The number of halogens is 4. The number of aromatic nitrogens is 3. The van der Waals surface area contributed by atoms with E-state index in [9.17, 15) is 14.9 Å². The predicted molar refractivity (Wildman–Crippen MR) is 118 cm³/mol. The Labute approximate surface area is 189 Å². The molecule has 0 atom stereocenters. The highest BCUT2D eigenvalue weighted by atomic mass is 79.9. The summed E-state index contributed by atoms with van der Waals surface area (Å²) in [5.74, 6) is -1.24. The maximum Gasteiger partial charge on any atom is 0.353 e. The molecule has 158 valence electrons. The maximum atomic E-state index is 15.4. The van der Waals surface area contributed by atoms with Gasteiger partial charge in [-0.3, -0.25) is 19.5 Å². The van der Waals surface area contributed by atoms with Crippen LogP contribution in [0.5, 0.6) is 0 Å². The molecule has 0 unspecified atom stereocenters. The summed E-state index contributed by atoms with van der Waals surface area (Å²) in [6, 6.07) is 1.28. The van der Waals surface area contributed by atoms with E-state index in [0.29, 0.717) is 11.4 Å². The fraction of sp³-hybridized carbons (Fsp3) is 0.316. The van der Waals surface area contributed by atoms with Gasteiger partial charge in [0.1, 0.15) is 11.3 Å². The van der Waals surface area contributed by atoms with Gasteiger partial charge < -0.3 is 0 Å². The second-order valence-electron chi connectivity index (χ2n) is 7.24. The van der Waals surface area contributed by atoms with Gasteiger partial charge in [0.25, 0.3) is 0 Å². The Balaban J connectivity index is 2.73. The van der Waals surface area contributed by atoms with Crippen LogP contribution in [0.4, 0.5) is 10.1 Å². The van der Waals surface area contributed by atoms with E-state index in [4.69, 9.17) is 23.2 Å². The Morgan fingerprint density at radius 1 is 1.17 bits per heavy atom. The molecule has 11 heteroatoms. The van der Waals surface area contributed by atoms with Gasteiger partial charge >= 0.3 is 11.2 Å². The van der Waals surface area contributed by atoms with Crippen LogP contribution in [0, 0.1) is 15.9 Å². The standard InChI is InChI=1S/C19H16BrCl2FN4O3/c1-7(2)14-18(15(8(3)4)25-6-24-14)26-16-9(5-10(21)11(20)13(16)23)12(22)17(19(26)28)27(29)30/h5-8H,1-4H3. The number of pyridine rings is 1. The molecule has 0 aliphatic carbocycles. The van der Waals surface area contributed by atoms with Gasteiger partial charge in [-0.1, -0.05) is 50.9 Å². The number of fused-ring (bicyclic) bond motifs is 1. The second kappa shape index (κ2) is 8.20. The molecule has 0 radical (unpaired) electrons. The molecule has 0 aliphatic rings. The van der Waals surface area contributed by atoms with E-state index in [1.165, 1.54) is 12.4 Å². The number of benzene rings is 1. The van der Waals surface area contributed by atoms with Crippen molar-refractivity contribution < 1.29 is 9.31 Å². The largest absolute Gasteiger partial charge is 0.353 e. The van der Waals surface area contributed by atoms with Crippen molar-refractivity contribution in [3.63, 3.8) is 0 Å². The summed E-state index contributed by atoms with van der Waals surface area (Å²) in [5.41, 5.74) is -1.12. The van der Waals surface area contributed by atoms with E-state index in [0.717, 1.165) is 4.57 Å². The normalized spacial score (nSPS) is 11.7. The topological polar surface area (TPSA) is 90.9 Å². The molecule has 2 aromatic heterocycles. The Kier molecular flexibility index (Phi) is 6.18. The van der Waals surface area contributed by atoms with Crippen LogP contribution in [-0.2, 0) is 0 Å². The Bertz CT molecular complexity index is 1230. The minimum Gasteiger partial charge on any atom is -0.264 e. The smallest absolute Gasteiger partial charge is 0.264 e. The molecule has 3 rings (SSSR count). The highest BCUT2D eigenvalue weighted by Crippen LogP contribution is 2.40. The fourth-order valence-electron chi connectivity index (χ4n) is 3.25. The average Bonchev–Trinajstić information content (AvgIpc) is 2.66. The molecular weight excluding hydrogens is 502 g/mol. The first-order valence-electron chi connectivity index (χ1n) is 8.90. The van der Waals surface area contributed by atoms with Crippen LogP contribution >= 0.6 is 39.1 Å². The second-order valence-corrected chi connectivity index (χ2v) is 8.82. The molecule has 0 spiro atoms. The van der Waals surface area contributed by atoms with Crippen LogP contribution in [0.3, 0.4) is 0 Å². The van der Waals surface area contributed by atoms with Crippen molar-refractivity contribution in [2.45, 2.75) is 39.5 Å². The maximum absolute atomic E-state index is 15.4. The summed E-state index contributed by atoms with van der Waals surface area (Å²) in [6.45, 7) is 7.38. The van der Waals surface area contributed by atoms with Crippen molar-refractivity contribution in [3.05, 3.63) is 64.6 Å². The summed E-state index contributed by atoms with van der Waals surface area (Å²) >= 11 is 15.3. The lowest BCUT2D eigenvalue weighted by Gasteiger charge is -2.21. The zero-order valence-electron chi connectivity index (χ0n) is 16.3. The van der Waals surface area contributed by atoms with Crippen molar-refractivity contribution >= 4 is 55.7 Å². The molecule has 1 aromatic carbocycles. The molecule has 7 nitrogen and oxygen atoms in total. The van der Waals surface area contributed by atoms with Crippen LogP contribution in [0.1, 0.15) is 50.9 Å². The van der Waals surface area contributed by atoms with E-state index >= 15 is 4.39 Å². The quantitative estimate of drug-likeness (QED) is 0.235. The lowest BCUT2D eigenvalue weighted by molar-refractivity contribution is -0.386. The van der Waals surface area contributed by atoms with Crippen LogP contribution in [0.2, 0.25) is 10.0 Å². The minimum absolute atomic E-state index is 0.0427. The Morgan fingerprint density at radius 3 is 2.17 bits per heavy atom. The van der Waals surface area contributed by atoms with Crippen molar-refractivity contribution in [1.29, 1.82) is 0 Å². The van der Waals surface area contributed by atoms with Gasteiger partial charge in [0, 0.05) is 5.39 Å². The summed E-state index contributed by atoms with van der Waals surface area (Å²) in [6.07, 6.45) is 1.36. The summed E-state index contributed by atoms with van der Waals surface area (Å²) in [5, 5.41) is 11.1. The minimum atomic E-state index is -1.08. The highest BCUT2D eigenvalue weighted by molar-refractivity contribution is 9.10. The van der Waals surface area contributed by atoms with Gasteiger partial charge in [-0.15, -0.1) is 0 Å². The molecule has 0 fully saturated rings. The van der Waals surface area contributed by atoms with Gasteiger partial charge in [-0.25, -0.2) is 14.4 Å². The van der Waals surface area contributed by atoms with Crippen LogP contribution < -0.4 is 5.56 Å². The first-order valence-corrected chi connectivity index (χ1v) is 10.4. The van der Waals surface area contributed by atoms with Crippen molar-refractivity contribution in [2.75, 3.05) is 0 Å². The first kappa shape index (κ1) is 22.6. The number of hydrogen-bond donors (Lipinski definition) is 0.